The summed E-state index contributed by atoms with van der Waals surface area (Å²) in [5, 5.41) is 11.5. The van der Waals surface area contributed by atoms with E-state index in [1.807, 2.05) is 61.5 Å². The molecular formula is C21H26N6O. The Balaban J connectivity index is 1.74. The number of amides is 1. The van der Waals surface area contributed by atoms with E-state index in [1.165, 1.54) is 0 Å². The first-order chi connectivity index (χ1) is 13.6. The van der Waals surface area contributed by atoms with Crippen LogP contribution in [0.25, 0.3) is 0 Å². The van der Waals surface area contributed by atoms with Crippen LogP contribution in [0.2, 0.25) is 0 Å². The molecule has 0 aliphatic heterocycles. The van der Waals surface area contributed by atoms with Gasteiger partial charge in [-0.25, -0.2) is 4.68 Å². The number of benzene rings is 1. The molecule has 0 bridgehead atoms. The summed E-state index contributed by atoms with van der Waals surface area (Å²) >= 11 is 0. The van der Waals surface area contributed by atoms with Crippen molar-refractivity contribution >= 4 is 5.91 Å². The first kappa shape index (κ1) is 19.7. The third kappa shape index (κ3) is 4.60. The predicted octanol–water partition coefficient (Wildman–Crippen LogP) is 3.43. The van der Waals surface area contributed by atoms with Crippen LogP contribution < -0.4 is 0 Å². The second-order valence-electron chi connectivity index (χ2n) is 6.94. The Kier molecular flexibility index (Phi) is 6.47. The zero-order chi connectivity index (χ0) is 19.9. The van der Waals surface area contributed by atoms with Gasteiger partial charge in [0.05, 0.1) is 12.6 Å². The summed E-state index contributed by atoms with van der Waals surface area (Å²) in [6, 6.07) is 11.6. The van der Waals surface area contributed by atoms with Gasteiger partial charge in [0, 0.05) is 25.0 Å². The van der Waals surface area contributed by atoms with E-state index in [9.17, 15) is 4.79 Å². The van der Waals surface area contributed by atoms with Gasteiger partial charge in [-0.1, -0.05) is 38.0 Å². The summed E-state index contributed by atoms with van der Waals surface area (Å²) in [6.45, 7) is 4.60. The van der Waals surface area contributed by atoms with Crippen LogP contribution in [0.3, 0.4) is 0 Å². The molecule has 0 radical (unpaired) electrons. The standard InChI is InChI=1S/C21H26N6O/c1-4-5-8-20(19-7-6-13-22-14-19)26(3)21(28)18-11-9-17(10-12-18)15-27-16(2)23-24-25-27/h6-7,9-14,20H,4-5,8,15H2,1-3H3. The van der Waals surface area contributed by atoms with Gasteiger partial charge in [-0.2, -0.15) is 0 Å². The minimum atomic E-state index is 0.00936. The molecule has 0 saturated heterocycles. The average Bonchev–Trinajstić information content (AvgIpc) is 3.13. The second-order valence-corrected chi connectivity index (χ2v) is 6.94. The van der Waals surface area contributed by atoms with Crippen molar-refractivity contribution in [3.8, 4) is 0 Å². The molecule has 0 saturated carbocycles. The molecule has 0 N–H and O–H groups in total. The van der Waals surface area contributed by atoms with Crippen LogP contribution in [0.4, 0.5) is 0 Å². The molecule has 7 nitrogen and oxygen atoms in total. The number of hydrogen-bond acceptors (Lipinski definition) is 5. The van der Waals surface area contributed by atoms with E-state index in [0.29, 0.717) is 12.1 Å². The summed E-state index contributed by atoms with van der Waals surface area (Å²) in [5.41, 5.74) is 2.78. The fraction of sp³-hybridized carbons (Fsp3) is 0.381. The number of pyridine rings is 1. The quantitative estimate of drug-likeness (QED) is 0.600. The van der Waals surface area contributed by atoms with Crippen LogP contribution in [-0.2, 0) is 6.54 Å². The molecule has 1 unspecified atom stereocenters. The highest BCUT2D eigenvalue weighted by Crippen LogP contribution is 2.26. The Labute approximate surface area is 165 Å². The SMILES string of the molecule is CCCCC(c1cccnc1)N(C)C(=O)c1ccc(Cn2nnnc2C)cc1. The highest BCUT2D eigenvalue weighted by Gasteiger charge is 2.22. The lowest BCUT2D eigenvalue weighted by Gasteiger charge is -2.28. The van der Waals surface area contributed by atoms with Gasteiger partial charge in [-0.15, -0.1) is 5.10 Å². The lowest BCUT2D eigenvalue weighted by atomic mass is 10.0. The van der Waals surface area contributed by atoms with E-state index in [2.05, 4.69) is 27.4 Å². The smallest absolute Gasteiger partial charge is 0.254 e. The van der Waals surface area contributed by atoms with E-state index < -0.39 is 0 Å². The molecule has 146 valence electrons. The summed E-state index contributed by atoms with van der Waals surface area (Å²) in [7, 11) is 1.87. The maximum Gasteiger partial charge on any atom is 0.254 e. The van der Waals surface area contributed by atoms with Gasteiger partial charge in [0.25, 0.3) is 5.91 Å². The molecule has 0 fully saturated rings. The van der Waals surface area contributed by atoms with Crippen molar-refractivity contribution in [3.63, 3.8) is 0 Å². The van der Waals surface area contributed by atoms with E-state index in [1.54, 1.807) is 10.9 Å². The topological polar surface area (TPSA) is 76.8 Å². The van der Waals surface area contributed by atoms with Crippen molar-refractivity contribution in [2.24, 2.45) is 0 Å². The van der Waals surface area contributed by atoms with Crippen molar-refractivity contribution in [2.75, 3.05) is 7.05 Å². The first-order valence-electron chi connectivity index (χ1n) is 9.59. The summed E-state index contributed by atoms with van der Waals surface area (Å²) in [6.07, 6.45) is 6.67. The maximum atomic E-state index is 13.1. The van der Waals surface area contributed by atoms with Crippen molar-refractivity contribution < 1.29 is 4.79 Å². The number of unbranched alkanes of at least 4 members (excludes halogenated alkanes) is 1. The number of tetrazole rings is 1. The molecule has 2 heterocycles. The number of aromatic nitrogens is 5. The normalized spacial score (nSPS) is 12.0. The Morgan fingerprint density at radius 1 is 1.21 bits per heavy atom. The number of carbonyl (C=O) groups excluding carboxylic acids is 1. The fourth-order valence-corrected chi connectivity index (χ4v) is 3.22. The predicted molar refractivity (Wildman–Crippen MR) is 107 cm³/mol. The van der Waals surface area contributed by atoms with E-state index in [-0.39, 0.29) is 11.9 Å². The van der Waals surface area contributed by atoms with Gasteiger partial charge in [-0.05, 0) is 53.1 Å². The number of carbonyl (C=O) groups is 1. The molecule has 1 atom stereocenters. The molecule has 2 aromatic heterocycles. The highest BCUT2D eigenvalue weighted by molar-refractivity contribution is 5.94. The van der Waals surface area contributed by atoms with Gasteiger partial charge in [-0.3, -0.25) is 9.78 Å². The molecule has 0 aliphatic rings. The molecule has 0 aliphatic carbocycles. The Hall–Kier alpha value is -3.09. The molecule has 1 amide bonds. The monoisotopic (exact) mass is 378 g/mol. The lowest BCUT2D eigenvalue weighted by Crippen LogP contribution is -2.31. The van der Waals surface area contributed by atoms with Crippen molar-refractivity contribution in [1.82, 2.24) is 30.1 Å². The third-order valence-corrected chi connectivity index (χ3v) is 4.93. The number of hydrogen-bond donors (Lipinski definition) is 0. The second kappa shape index (κ2) is 9.21. The van der Waals surface area contributed by atoms with Crippen molar-refractivity contribution in [3.05, 3.63) is 71.3 Å². The van der Waals surface area contributed by atoms with Crippen molar-refractivity contribution in [2.45, 2.75) is 45.7 Å². The largest absolute Gasteiger partial charge is 0.335 e. The fourth-order valence-electron chi connectivity index (χ4n) is 3.22. The molecule has 28 heavy (non-hydrogen) atoms. The van der Waals surface area contributed by atoms with E-state index in [0.717, 1.165) is 36.2 Å². The molecule has 1 aromatic carbocycles. The summed E-state index contributed by atoms with van der Waals surface area (Å²) in [4.78, 5) is 19.1. The first-order valence-corrected chi connectivity index (χ1v) is 9.59. The Morgan fingerprint density at radius 3 is 2.61 bits per heavy atom. The zero-order valence-electron chi connectivity index (χ0n) is 16.6. The molecule has 7 heteroatoms. The third-order valence-electron chi connectivity index (χ3n) is 4.93. The molecular weight excluding hydrogens is 352 g/mol. The van der Waals surface area contributed by atoms with Crippen LogP contribution in [0.1, 0.15) is 59.5 Å². The summed E-state index contributed by atoms with van der Waals surface area (Å²) < 4.78 is 1.73. The number of rotatable bonds is 8. The van der Waals surface area contributed by atoms with Gasteiger partial charge < -0.3 is 4.90 Å². The summed E-state index contributed by atoms with van der Waals surface area (Å²) in [5.74, 6) is 0.769. The van der Waals surface area contributed by atoms with Gasteiger partial charge >= 0.3 is 0 Å². The zero-order valence-corrected chi connectivity index (χ0v) is 16.6. The van der Waals surface area contributed by atoms with E-state index in [4.69, 9.17) is 0 Å². The van der Waals surface area contributed by atoms with Gasteiger partial charge in [0.15, 0.2) is 0 Å². The van der Waals surface area contributed by atoms with Crippen molar-refractivity contribution in [1.29, 1.82) is 0 Å². The van der Waals surface area contributed by atoms with Gasteiger partial charge in [0.2, 0.25) is 0 Å². The Morgan fingerprint density at radius 2 is 2.00 bits per heavy atom. The molecule has 0 spiro atoms. The highest BCUT2D eigenvalue weighted by atomic mass is 16.2. The number of aryl methyl sites for hydroxylation is 1. The Bertz CT molecular complexity index is 891. The molecule has 3 aromatic rings. The van der Waals surface area contributed by atoms with Crippen LogP contribution in [0, 0.1) is 6.92 Å². The lowest BCUT2D eigenvalue weighted by molar-refractivity contribution is 0.0720. The van der Waals surface area contributed by atoms with Crippen LogP contribution in [0.15, 0.2) is 48.8 Å². The van der Waals surface area contributed by atoms with Crippen LogP contribution >= 0.6 is 0 Å². The minimum absolute atomic E-state index is 0.00936. The number of nitrogens with zero attached hydrogens (tertiary/aromatic N) is 6. The van der Waals surface area contributed by atoms with Crippen LogP contribution in [-0.4, -0.2) is 43.0 Å². The van der Waals surface area contributed by atoms with Crippen LogP contribution in [0.5, 0.6) is 0 Å². The molecule has 3 rings (SSSR count). The maximum absolute atomic E-state index is 13.1. The van der Waals surface area contributed by atoms with E-state index >= 15 is 0 Å². The minimum Gasteiger partial charge on any atom is -0.335 e. The van der Waals surface area contributed by atoms with Gasteiger partial charge in [0.1, 0.15) is 5.82 Å². The average molecular weight is 378 g/mol.